The molecule has 0 unspecified atom stereocenters. The Bertz CT molecular complexity index is 1120. The van der Waals surface area contributed by atoms with Crippen LogP contribution in [-0.4, -0.2) is 63.3 Å². The standard InChI is InChI=1S/C21H21ClF2N4O6S/c1-33-21(32)27-13(9-25-20(31)15-4-5-16(22)35-15)19(30)26-11-2-3-14(12(8-11)18(23)24)28-6-7-34-10-17(28)29/h2-5,8,13,18H,6-7,9-10H2,1H3,(H,25,31)(H,26,30)(H,27,32)/t13-/m1/s1. The molecule has 10 nitrogen and oxygen atoms in total. The number of hydrogen-bond donors (Lipinski definition) is 3. The van der Waals surface area contributed by atoms with Crippen LogP contribution in [-0.2, 0) is 19.1 Å². The van der Waals surface area contributed by atoms with Gasteiger partial charge in [0.05, 0.1) is 28.6 Å². The fourth-order valence-electron chi connectivity index (χ4n) is 3.18. The summed E-state index contributed by atoms with van der Waals surface area (Å²) in [5.41, 5.74) is -0.446. The predicted octanol–water partition coefficient (Wildman–Crippen LogP) is 2.80. The third-order valence-corrected chi connectivity index (χ3v) is 6.09. The van der Waals surface area contributed by atoms with Crippen molar-refractivity contribution in [2.75, 3.05) is 43.6 Å². The molecule has 0 aliphatic carbocycles. The van der Waals surface area contributed by atoms with Crippen LogP contribution in [0.1, 0.15) is 21.7 Å². The van der Waals surface area contributed by atoms with Gasteiger partial charge in [-0.1, -0.05) is 11.6 Å². The zero-order valence-corrected chi connectivity index (χ0v) is 19.9. The maximum atomic E-state index is 13.8. The van der Waals surface area contributed by atoms with Gasteiger partial charge in [-0.15, -0.1) is 11.3 Å². The van der Waals surface area contributed by atoms with Gasteiger partial charge in [0, 0.05) is 24.3 Å². The third kappa shape index (κ3) is 6.87. The summed E-state index contributed by atoms with van der Waals surface area (Å²) in [7, 11) is 1.09. The normalized spacial score (nSPS) is 14.4. The van der Waals surface area contributed by atoms with Crippen molar-refractivity contribution in [3.8, 4) is 0 Å². The minimum Gasteiger partial charge on any atom is -0.453 e. The quantitative estimate of drug-likeness (QED) is 0.482. The number of alkyl carbamates (subject to hydrolysis) is 1. The molecule has 188 valence electrons. The summed E-state index contributed by atoms with van der Waals surface area (Å²) >= 11 is 6.85. The maximum Gasteiger partial charge on any atom is 0.407 e. The second-order valence-electron chi connectivity index (χ2n) is 7.16. The van der Waals surface area contributed by atoms with E-state index in [1.54, 1.807) is 0 Å². The Morgan fingerprint density at radius 3 is 2.66 bits per heavy atom. The van der Waals surface area contributed by atoms with E-state index in [4.69, 9.17) is 16.3 Å². The number of methoxy groups -OCH3 is 1. The Kier molecular flexibility index (Phi) is 8.95. The highest BCUT2D eigenvalue weighted by Gasteiger charge is 2.27. The molecule has 0 spiro atoms. The molecule has 14 heteroatoms. The summed E-state index contributed by atoms with van der Waals surface area (Å²) in [6.07, 6.45) is -3.87. The molecule has 2 heterocycles. The van der Waals surface area contributed by atoms with E-state index >= 15 is 0 Å². The van der Waals surface area contributed by atoms with E-state index in [1.807, 2.05) is 0 Å². The number of thiophene rings is 1. The number of morpholine rings is 1. The summed E-state index contributed by atoms with van der Waals surface area (Å²) < 4.78 is 37.5. The van der Waals surface area contributed by atoms with Crippen molar-refractivity contribution < 1.29 is 37.4 Å². The molecule has 3 rings (SSSR count). The number of ether oxygens (including phenoxy) is 2. The largest absolute Gasteiger partial charge is 0.453 e. The Balaban J connectivity index is 1.75. The summed E-state index contributed by atoms with van der Waals surface area (Å²) in [5.74, 6) is -1.78. The summed E-state index contributed by atoms with van der Waals surface area (Å²) in [6, 6.07) is 5.43. The molecule has 35 heavy (non-hydrogen) atoms. The molecule has 0 radical (unpaired) electrons. The Hall–Kier alpha value is -3.29. The van der Waals surface area contributed by atoms with Crippen LogP contribution in [0.5, 0.6) is 0 Å². The maximum absolute atomic E-state index is 13.8. The van der Waals surface area contributed by atoms with E-state index in [0.29, 0.717) is 9.21 Å². The van der Waals surface area contributed by atoms with Gasteiger partial charge in [-0.05, 0) is 30.3 Å². The van der Waals surface area contributed by atoms with E-state index in [9.17, 15) is 28.0 Å². The Morgan fingerprint density at radius 2 is 2.03 bits per heavy atom. The van der Waals surface area contributed by atoms with Gasteiger partial charge in [0.1, 0.15) is 12.6 Å². The van der Waals surface area contributed by atoms with Crippen molar-refractivity contribution in [2.24, 2.45) is 0 Å². The molecule has 0 saturated carbocycles. The first-order valence-electron chi connectivity index (χ1n) is 10.2. The first-order chi connectivity index (χ1) is 16.7. The zero-order chi connectivity index (χ0) is 25.5. The van der Waals surface area contributed by atoms with Gasteiger partial charge in [-0.3, -0.25) is 14.4 Å². The lowest BCUT2D eigenvalue weighted by molar-refractivity contribution is -0.125. The lowest BCUT2D eigenvalue weighted by atomic mass is 10.1. The van der Waals surface area contributed by atoms with Gasteiger partial charge < -0.3 is 30.3 Å². The average Bonchev–Trinajstić information content (AvgIpc) is 3.28. The highest BCUT2D eigenvalue weighted by Crippen LogP contribution is 2.33. The minimum absolute atomic E-state index is 0.00258. The molecule has 1 aromatic carbocycles. The number of hydrogen-bond acceptors (Lipinski definition) is 7. The number of carbonyl (C=O) groups excluding carboxylic acids is 4. The Labute approximate surface area is 207 Å². The van der Waals surface area contributed by atoms with Crippen LogP contribution in [0.15, 0.2) is 30.3 Å². The highest BCUT2D eigenvalue weighted by atomic mass is 35.5. The molecule has 1 saturated heterocycles. The molecule has 1 aliphatic heterocycles. The number of nitrogens with zero attached hydrogens (tertiary/aromatic N) is 1. The molecule has 1 atom stereocenters. The second kappa shape index (κ2) is 11.9. The van der Waals surface area contributed by atoms with Gasteiger partial charge in [0.25, 0.3) is 18.2 Å². The van der Waals surface area contributed by atoms with Crippen LogP contribution >= 0.6 is 22.9 Å². The number of nitrogens with one attached hydrogen (secondary N) is 3. The lowest BCUT2D eigenvalue weighted by Crippen LogP contribution is -2.50. The van der Waals surface area contributed by atoms with Gasteiger partial charge in [-0.25, -0.2) is 13.6 Å². The summed E-state index contributed by atoms with van der Waals surface area (Å²) in [6.45, 7) is -0.218. The van der Waals surface area contributed by atoms with Gasteiger partial charge in [0.2, 0.25) is 5.91 Å². The summed E-state index contributed by atoms with van der Waals surface area (Å²) in [5, 5.41) is 7.22. The van der Waals surface area contributed by atoms with Gasteiger partial charge in [0.15, 0.2) is 0 Å². The first kappa shape index (κ1) is 26.3. The molecular formula is C21H21ClF2N4O6S. The molecule has 1 fully saturated rings. The van der Waals surface area contributed by atoms with Crippen molar-refractivity contribution in [3.63, 3.8) is 0 Å². The third-order valence-electron chi connectivity index (χ3n) is 4.86. The number of amides is 4. The smallest absolute Gasteiger partial charge is 0.407 e. The van der Waals surface area contributed by atoms with Crippen molar-refractivity contribution in [3.05, 3.63) is 45.1 Å². The SMILES string of the molecule is COC(=O)N[C@H](CNC(=O)c1ccc(Cl)s1)C(=O)Nc1ccc(N2CCOCC2=O)c(C(F)F)c1. The average molecular weight is 531 g/mol. The van der Waals surface area contributed by atoms with Crippen LogP contribution in [0.2, 0.25) is 4.34 Å². The van der Waals surface area contributed by atoms with E-state index < -0.39 is 41.8 Å². The number of carbonyl (C=O) groups is 4. The second-order valence-corrected chi connectivity index (χ2v) is 8.88. The predicted molar refractivity (Wildman–Crippen MR) is 124 cm³/mol. The van der Waals surface area contributed by atoms with E-state index in [-0.39, 0.29) is 37.7 Å². The molecular weight excluding hydrogens is 510 g/mol. The zero-order valence-electron chi connectivity index (χ0n) is 18.3. The minimum atomic E-state index is -2.93. The lowest BCUT2D eigenvalue weighted by Gasteiger charge is -2.29. The van der Waals surface area contributed by atoms with E-state index in [2.05, 4.69) is 20.7 Å². The molecule has 1 aliphatic rings. The van der Waals surface area contributed by atoms with E-state index in [1.165, 1.54) is 29.2 Å². The van der Waals surface area contributed by atoms with Crippen molar-refractivity contribution in [2.45, 2.75) is 12.5 Å². The molecule has 0 bridgehead atoms. The number of halogens is 3. The van der Waals surface area contributed by atoms with Crippen LogP contribution in [0.4, 0.5) is 25.0 Å². The molecule has 4 amide bonds. The van der Waals surface area contributed by atoms with Crippen LogP contribution in [0.25, 0.3) is 0 Å². The van der Waals surface area contributed by atoms with E-state index in [0.717, 1.165) is 24.5 Å². The van der Waals surface area contributed by atoms with Crippen molar-refractivity contribution in [1.29, 1.82) is 0 Å². The monoisotopic (exact) mass is 530 g/mol. The van der Waals surface area contributed by atoms with Crippen LogP contribution in [0.3, 0.4) is 0 Å². The van der Waals surface area contributed by atoms with Crippen LogP contribution < -0.4 is 20.9 Å². The van der Waals surface area contributed by atoms with Crippen molar-refractivity contribution in [1.82, 2.24) is 10.6 Å². The number of anilines is 2. The van der Waals surface area contributed by atoms with Crippen molar-refractivity contribution >= 4 is 58.1 Å². The fraction of sp³-hybridized carbons (Fsp3) is 0.333. The molecule has 1 aromatic heterocycles. The molecule has 3 N–H and O–H groups in total. The molecule has 2 aromatic rings. The van der Waals surface area contributed by atoms with Crippen LogP contribution in [0, 0.1) is 0 Å². The van der Waals surface area contributed by atoms with Gasteiger partial charge >= 0.3 is 6.09 Å². The number of alkyl halides is 2. The first-order valence-corrected chi connectivity index (χ1v) is 11.4. The topological polar surface area (TPSA) is 126 Å². The summed E-state index contributed by atoms with van der Waals surface area (Å²) in [4.78, 5) is 50.4. The highest BCUT2D eigenvalue weighted by molar-refractivity contribution is 7.18. The number of benzene rings is 1. The fourth-order valence-corrected chi connectivity index (χ4v) is 4.14. The number of rotatable bonds is 8. The Morgan fingerprint density at radius 1 is 1.26 bits per heavy atom. The van der Waals surface area contributed by atoms with Gasteiger partial charge in [-0.2, -0.15) is 0 Å².